The topological polar surface area (TPSA) is 52.6 Å². The lowest BCUT2D eigenvalue weighted by molar-refractivity contribution is 0.149. The molecule has 2 saturated heterocycles. The molecule has 2 N–H and O–H groups in total. The number of carboxylic acid groups (broad SMARTS) is 1. The van der Waals surface area contributed by atoms with Crippen molar-refractivity contribution < 1.29 is 9.90 Å². The van der Waals surface area contributed by atoms with Crippen molar-refractivity contribution in [1.29, 1.82) is 0 Å². The van der Waals surface area contributed by atoms with Crippen molar-refractivity contribution in [3.05, 3.63) is 0 Å². The lowest BCUT2D eigenvalue weighted by atomic mass is 9.83. The Hall–Kier alpha value is -0.770. The molecule has 0 bridgehead atoms. The number of amides is 1. The van der Waals surface area contributed by atoms with Gasteiger partial charge in [-0.2, -0.15) is 0 Å². The van der Waals surface area contributed by atoms with E-state index in [-0.39, 0.29) is 5.41 Å². The molecule has 0 aromatic carbocycles. The monoisotopic (exact) mass is 170 g/mol. The summed E-state index contributed by atoms with van der Waals surface area (Å²) in [6.07, 6.45) is -0.773. The summed E-state index contributed by atoms with van der Waals surface area (Å²) in [6, 6.07) is 0. The molecule has 0 saturated carbocycles. The summed E-state index contributed by atoms with van der Waals surface area (Å²) in [5.41, 5.74) is 0.193. The van der Waals surface area contributed by atoms with E-state index >= 15 is 0 Å². The molecule has 2 rings (SSSR count). The molecule has 2 aliphatic rings. The lowest BCUT2D eigenvalue weighted by Gasteiger charge is -2.20. The maximum Gasteiger partial charge on any atom is 0.407 e. The second-order valence-corrected chi connectivity index (χ2v) is 4.14. The zero-order chi connectivity index (χ0) is 8.77. The van der Waals surface area contributed by atoms with E-state index in [2.05, 4.69) is 12.2 Å². The van der Waals surface area contributed by atoms with E-state index in [4.69, 9.17) is 5.11 Å². The molecule has 0 spiro atoms. The average molecular weight is 170 g/mol. The Kier molecular flexibility index (Phi) is 1.54. The van der Waals surface area contributed by atoms with E-state index in [0.29, 0.717) is 19.0 Å². The van der Waals surface area contributed by atoms with Crippen LogP contribution >= 0.6 is 0 Å². The number of hydrogen-bond acceptors (Lipinski definition) is 2. The molecule has 2 aliphatic heterocycles. The number of nitrogens with zero attached hydrogens (tertiary/aromatic N) is 1. The highest BCUT2D eigenvalue weighted by atomic mass is 16.4. The number of fused-ring (bicyclic) bond motifs is 1. The van der Waals surface area contributed by atoms with Gasteiger partial charge < -0.3 is 15.3 Å². The van der Waals surface area contributed by atoms with Crippen molar-refractivity contribution in [2.75, 3.05) is 26.2 Å². The third kappa shape index (κ3) is 0.982. The Bertz CT molecular complexity index is 219. The predicted octanol–water partition coefficient (Wildman–Crippen LogP) is 0.206. The van der Waals surface area contributed by atoms with Crippen molar-refractivity contribution in [2.45, 2.75) is 6.92 Å². The molecule has 0 aliphatic carbocycles. The van der Waals surface area contributed by atoms with E-state index in [1.165, 1.54) is 4.90 Å². The molecule has 0 unspecified atom stereocenters. The van der Waals surface area contributed by atoms with E-state index in [1.54, 1.807) is 0 Å². The van der Waals surface area contributed by atoms with Crippen molar-refractivity contribution in [3.63, 3.8) is 0 Å². The van der Waals surface area contributed by atoms with Crippen molar-refractivity contribution in [1.82, 2.24) is 10.2 Å². The first-order valence-corrected chi connectivity index (χ1v) is 4.30. The normalized spacial score (nSPS) is 40.1. The third-order valence-corrected chi connectivity index (χ3v) is 3.17. The van der Waals surface area contributed by atoms with Crippen molar-refractivity contribution >= 4 is 6.09 Å². The summed E-state index contributed by atoms with van der Waals surface area (Å²) in [7, 11) is 0. The number of rotatable bonds is 0. The number of likely N-dealkylation sites (tertiary alicyclic amines) is 1. The smallest absolute Gasteiger partial charge is 0.407 e. The average Bonchev–Trinajstić information content (AvgIpc) is 2.41. The SMILES string of the molecule is C[C@]12CNC[C@@H]1CN(C(=O)O)C2. The van der Waals surface area contributed by atoms with Gasteiger partial charge in [-0.05, 0) is 5.92 Å². The zero-order valence-electron chi connectivity index (χ0n) is 7.21. The summed E-state index contributed by atoms with van der Waals surface area (Å²) in [4.78, 5) is 12.2. The summed E-state index contributed by atoms with van der Waals surface area (Å²) < 4.78 is 0. The third-order valence-electron chi connectivity index (χ3n) is 3.17. The van der Waals surface area contributed by atoms with E-state index in [1.807, 2.05) is 0 Å². The summed E-state index contributed by atoms with van der Waals surface area (Å²) >= 11 is 0. The van der Waals surface area contributed by atoms with Gasteiger partial charge in [0.1, 0.15) is 0 Å². The van der Waals surface area contributed by atoms with Gasteiger partial charge in [0.15, 0.2) is 0 Å². The van der Waals surface area contributed by atoms with Crippen LogP contribution in [0.5, 0.6) is 0 Å². The van der Waals surface area contributed by atoms with Crippen LogP contribution in [0.2, 0.25) is 0 Å². The first-order chi connectivity index (χ1) is 5.62. The predicted molar refractivity (Wildman–Crippen MR) is 44.1 cm³/mol. The molecule has 0 radical (unpaired) electrons. The quantitative estimate of drug-likeness (QED) is 0.546. The van der Waals surface area contributed by atoms with E-state index in [0.717, 1.165) is 13.1 Å². The van der Waals surface area contributed by atoms with Crippen LogP contribution in [0.1, 0.15) is 6.92 Å². The Morgan fingerprint density at radius 1 is 1.75 bits per heavy atom. The number of carbonyl (C=O) groups is 1. The van der Waals surface area contributed by atoms with Gasteiger partial charge in [-0.25, -0.2) is 4.79 Å². The summed E-state index contributed by atoms with van der Waals surface area (Å²) in [5.74, 6) is 0.522. The standard InChI is InChI=1S/C8H14N2O2/c1-8-4-9-2-6(8)3-10(5-8)7(11)12/h6,9H,2-5H2,1H3,(H,11,12)/t6-,8-/m1/s1. The maximum absolute atomic E-state index is 10.7. The van der Waals surface area contributed by atoms with Crippen LogP contribution in [0.4, 0.5) is 4.79 Å². The molecule has 2 heterocycles. The summed E-state index contributed by atoms with van der Waals surface area (Å²) in [5, 5.41) is 12.1. The Morgan fingerprint density at radius 2 is 2.50 bits per heavy atom. The number of hydrogen-bond donors (Lipinski definition) is 2. The summed E-state index contributed by atoms with van der Waals surface area (Å²) in [6.45, 7) is 5.50. The van der Waals surface area contributed by atoms with Gasteiger partial charge in [-0.1, -0.05) is 6.92 Å². The Balaban J connectivity index is 2.11. The van der Waals surface area contributed by atoms with Gasteiger partial charge in [0.2, 0.25) is 0 Å². The van der Waals surface area contributed by atoms with Crippen LogP contribution in [0.3, 0.4) is 0 Å². The minimum Gasteiger partial charge on any atom is -0.465 e. The first kappa shape index (κ1) is 7.86. The molecule has 1 amide bonds. The van der Waals surface area contributed by atoms with E-state index < -0.39 is 6.09 Å². The highest BCUT2D eigenvalue weighted by Gasteiger charge is 2.47. The van der Waals surface area contributed by atoms with Gasteiger partial charge >= 0.3 is 6.09 Å². The fourth-order valence-electron chi connectivity index (χ4n) is 2.30. The molecule has 12 heavy (non-hydrogen) atoms. The molecule has 2 fully saturated rings. The van der Waals surface area contributed by atoms with Gasteiger partial charge in [-0.15, -0.1) is 0 Å². The number of nitrogens with one attached hydrogen (secondary N) is 1. The van der Waals surface area contributed by atoms with E-state index in [9.17, 15) is 4.79 Å². The molecule has 4 heteroatoms. The van der Waals surface area contributed by atoms with Crippen LogP contribution in [-0.2, 0) is 0 Å². The highest BCUT2D eigenvalue weighted by Crippen LogP contribution is 2.37. The van der Waals surface area contributed by atoms with Crippen LogP contribution in [-0.4, -0.2) is 42.3 Å². The van der Waals surface area contributed by atoms with Crippen LogP contribution < -0.4 is 5.32 Å². The first-order valence-electron chi connectivity index (χ1n) is 4.30. The van der Waals surface area contributed by atoms with Crippen LogP contribution in [0.15, 0.2) is 0 Å². The van der Waals surface area contributed by atoms with Crippen molar-refractivity contribution in [2.24, 2.45) is 11.3 Å². The molecular formula is C8H14N2O2. The molecule has 4 nitrogen and oxygen atoms in total. The second-order valence-electron chi connectivity index (χ2n) is 4.14. The zero-order valence-corrected chi connectivity index (χ0v) is 7.21. The van der Waals surface area contributed by atoms with Crippen molar-refractivity contribution in [3.8, 4) is 0 Å². The molecule has 2 atom stereocenters. The van der Waals surface area contributed by atoms with Crippen LogP contribution in [0.25, 0.3) is 0 Å². The Labute approximate surface area is 71.5 Å². The van der Waals surface area contributed by atoms with Crippen LogP contribution in [0, 0.1) is 11.3 Å². The molecule has 0 aromatic heterocycles. The molecule has 0 aromatic rings. The fraction of sp³-hybridized carbons (Fsp3) is 0.875. The van der Waals surface area contributed by atoms with Gasteiger partial charge in [0.05, 0.1) is 0 Å². The highest BCUT2D eigenvalue weighted by molar-refractivity contribution is 5.65. The molecular weight excluding hydrogens is 156 g/mol. The Morgan fingerprint density at radius 3 is 3.08 bits per heavy atom. The minimum atomic E-state index is -0.773. The largest absolute Gasteiger partial charge is 0.465 e. The minimum absolute atomic E-state index is 0.193. The maximum atomic E-state index is 10.7. The lowest BCUT2D eigenvalue weighted by Crippen LogP contribution is -2.33. The van der Waals surface area contributed by atoms with Gasteiger partial charge in [0, 0.05) is 31.6 Å². The molecule has 68 valence electrons. The second kappa shape index (κ2) is 2.36. The van der Waals surface area contributed by atoms with Gasteiger partial charge in [0.25, 0.3) is 0 Å². The van der Waals surface area contributed by atoms with Gasteiger partial charge in [-0.3, -0.25) is 0 Å². The fourth-order valence-corrected chi connectivity index (χ4v) is 2.30.